The Kier molecular flexibility index (Phi) is 7.25. The highest BCUT2D eigenvalue weighted by molar-refractivity contribution is 7.17. The number of methoxy groups -OCH3 is 2. The van der Waals surface area contributed by atoms with E-state index in [2.05, 4.69) is 10.3 Å². The van der Waals surface area contributed by atoms with Gasteiger partial charge in [0.2, 0.25) is 0 Å². The molecule has 7 nitrogen and oxygen atoms in total. The van der Waals surface area contributed by atoms with Crippen molar-refractivity contribution in [3.05, 3.63) is 58.5 Å². The minimum atomic E-state index is -0.386. The van der Waals surface area contributed by atoms with E-state index in [9.17, 15) is 9.18 Å². The van der Waals surface area contributed by atoms with Gasteiger partial charge in [0.05, 0.1) is 36.9 Å². The second-order valence-electron chi connectivity index (χ2n) is 7.95. The lowest BCUT2D eigenvalue weighted by molar-refractivity contribution is 0.0606. The lowest BCUT2D eigenvalue weighted by Crippen LogP contribution is -2.13. The minimum Gasteiger partial charge on any atom is -0.496 e. The molecule has 184 valence electrons. The number of fused-ring (bicyclic) bond motifs is 1. The van der Waals surface area contributed by atoms with Crippen molar-refractivity contribution in [2.24, 2.45) is 0 Å². The Morgan fingerprint density at radius 2 is 1.97 bits per heavy atom. The van der Waals surface area contributed by atoms with E-state index in [-0.39, 0.29) is 11.8 Å². The molecule has 1 aromatic carbocycles. The fraction of sp³-hybridized carbons (Fsp3) is 0.308. The maximum atomic E-state index is 14.7. The first-order valence-electron chi connectivity index (χ1n) is 11.3. The van der Waals surface area contributed by atoms with Crippen molar-refractivity contribution >= 4 is 33.9 Å². The normalized spacial score (nSPS) is 11.0. The van der Waals surface area contributed by atoms with Crippen molar-refractivity contribution in [1.29, 1.82) is 0 Å². The van der Waals surface area contributed by atoms with E-state index in [1.165, 1.54) is 24.5 Å². The summed E-state index contributed by atoms with van der Waals surface area (Å²) >= 11 is 1.30. The second kappa shape index (κ2) is 10.4. The molecule has 0 aliphatic heterocycles. The summed E-state index contributed by atoms with van der Waals surface area (Å²) in [5.41, 5.74) is 3.71. The molecule has 0 radical (unpaired) electrons. The summed E-state index contributed by atoms with van der Waals surface area (Å²) in [7, 11) is 2.94. The summed E-state index contributed by atoms with van der Waals surface area (Å²) in [5.74, 6) is 0.582. The number of nitrogens with one attached hydrogen (secondary N) is 1. The second-order valence-corrected chi connectivity index (χ2v) is 9.04. The number of aromatic nitrogens is 2. The van der Waals surface area contributed by atoms with Gasteiger partial charge >= 0.3 is 5.97 Å². The van der Waals surface area contributed by atoms with Gasteiger partial charge in [0.25, 0.3) is 0 Å². The molecule has 0 fully saturated rings. The smallest absolute Gasteiger partial charge is 0.348 e. The van der Waals surface area contributed by atoms with Gasteiger partial charge in [0.1, 0.15) is 22.1 Å². The molecule has 0 aliphatic carbocycles. The zero-order chi connectivity index (χ0) is 25.1. The molecular weight excluding hydrogens is 469 g/mol. The van der Waals surface area contributed by atoms with E-state index < -0.39 is 0 Å². The van der Waals surface area contributed by atoms with Gasteiger partial charge in [-0.3, -0.25) is 0 Å². The fourth-order valence-electron chi connectivity index (χ4n) is 4.13. The largest absolute Gasteiger partial charge is 0.496 e. The first-order chi connectivity index (χ1) is 16.9. The van der Waals surface area contributed by atoms with Gasteiger partial charge < -0.3 is 24.1 Å². The molecule has 4 rings (SSSR count). The first-order valence-corrected chi connectivity index (χ1v) is 12.1. The van der Waals surface area contributed by atoms with Crippen LogP contribution >= 0.6 is 11.3 Å². The molecule has 0 unspecified atom stereocenters. The molecule has 9 heteroatoms. The Hall–Kier alpha value is -3.59. The van der Waals surface area contributed by atoms with Gasteiger partial charge in [-0.15, -0.1) is 11.3 Å². The highest BCUT2D eigenvalue weighted by Gasteiger charge is 2.19. The number of aryl methyl sites for hydroxylation is 2. The van der Waals surface area contributed by atoms with Crippen LogP contribution in [0.1, 0.15) is 28.0 Å². The Labute approximate surface area is 207 Å². The molecule has 1 N–H and O–H groups in total. The van der Waals surface area contributed by atoms with Crippen LogP contribution in [0.3, 0.4) is 0 Å². The summed E-state index contributed by atoms with van der Waals surface area (Å²) < 4.78 is 32.9. The molecule has 0 atom stereocenters. The summed E-state index contributed by atoms with van der Waals surface area (Å²) in [6, 6.07) is 10.5. The molecule has 0 bridgehead atoms. The molecule has 0 aliphatic rings. The predicted molar refractivity (Wildman–Crippen MR) is 136 cm³/mol. The number of halogens is 1. The van der Waals surface area contributed by atoms with Crippen molar-refractivity contribution in [3.8, 4) is 22.1 Å². The van der Waals surface area contributed by atoms with Crippen LogP contribution in [-0.4, -0.2) is 42.9 Å². The number of anilines is 1. The molecule has 0 saturated heterocycles. The number of nitrogens with zero attached hydrogens (tertiary/aromatic N) is 2. The van der Waals surface area contributed by atoms with Crippen LogP contribution in [0.25, 0.3) is 21.5 Å². The molecule has 3 aromatic heterocycles. The number of carbonyl (C=O) groups is 1. The first kappa shape index (κ1) is 24.5. The molecule has 0 amide bonds. The molecule has 35 heavy (non-hydrogen) atoms. The van der Waals surface area contributed by atoms with E-state index in [4.69, 9.17) is 14.2 Å². The number of hydrogen-bond donors (Lipinski definition) is 1. The van der Waals surface area contributed by atoms with Crippen LogP contribution in [0, 0.1) is 19.7 Å². The van der Waals surface area contributed by atoms with E-state index >= 15 is 0 Å². The number of carbonyl (C=O) groups excluding carboxylic acids is 1. The third-order valence-electron chi connectivity index (χ3n) is 5.66. The van der Waals surface area contributed by atoms with Crippen molar-refractivity contribution < 1.29 is 23.4 Å². The predicted octanol–water partition coefficient (Wildman–Crippen LogP) is 5.83. The highest BCUT2D eigenvalue weighted by atomic mass is 32.1. The van der Waals surface area contributed by atoms with Gasteiger partial charge in [-0.05, 0) is 57.2 Å². The van der Waals surface area contributed by atoms with E-state index in [0.717, 1.165) is 27.3 Å². The summed E-state index contributed by atoms with van der Waals surface area (Å²) in [6.07, 6.45) is 0. The topological polar surface area (TPSA) is 74.6 Å². The van der Waals surface area contributed by atoms with Gasteiger partial charge in [-0.25, -0.2) is 14.2 Å². The van der Waals surface area contributed by atoms with Crippen molar-refractivity contribution in [2.45, 2.75) is 27.3 Å². The number of ether oxygens (including phenoxy) is 3. The van der Waals surface area contributed by atoms with Crippen LogP contribution < -0.4 is 14.8 Å². The van der Waals surface area contributed by atoms with Crippen LogP contribution in [0.5, 0.6) is 11.5 Å². The Balaban J connectivity index is 1.64. The van der Waals surface area contributed by atoms with E-state index in [0.29, 0.717) is 47.3 Å². The van der Waals surface area contributed by atoms with Crippen molar-refractivity contribution in [1.82, 2.24) is 9.55 Å². The van der Waals surface area contributed by atoms with Gasteiger partial charge in [-0.1, -0.05) is 0 Å². The SMILES string of the molecule is CCOc1c(NCCn2c(C)cc3c(OC)ccc(F)c32)cc(C)nc1-c1ccc(C(=O)OC)s1. The van der Waals surface area contributed by atoms with Gasteiger partial charge in [-0.2, -0.15) is 0 Å². The van der Waals surface area contributed by atoms with Gasteiger partial charge in [0, 0.05) is 29.9 Å². The average molecular weight is 498 g/mol. The number of rotatable bonds is 9. The number of benzene rings is 1. The Morgan fingerprint density at radius 1 is 1.17 bits per heavy atom. The Morgan fingerprint density at radius 3 is 2.69 bits per heavy atom. The zero-order valence-electron chi connectivity index (χ0n) is 20.4. The molecule has 0 saturated carbocycles. The lowest BCUT2D eigenvalue weighted by Gasteiger charge is -2.17. The summed E-state index contributed by atoms with van der Waals surface area (Å²) in [4.78, 5) is 17.9. The molecule has 3 heterocycles. The highest BCUT2D eigenvalue weighted by Crippen LogP contribution is 2.39. The zero-order valence-corrected chi connectivity index (χ0v) is 21.2. The average Bonchev–Trinajstić information content (AvgIpc) is 3.46. The number of hydrogen-bond acceptors (Lipinski definition) is 7. The maximum Gasteiger partial charge on any atom is 0.348 e. The van der Waals surface area contributed by atoms with Gasteiger partial charge in [0.15, 0.2) is 5.75 Å². The standard InChI is InChI=1S/C26H28FN3O4S/c1-6-34-25-19(13-15(2)29-23(25)21-9-10-22(35-21)26(31)33-5)28-11-12-30-16(3)14-17-20(32-4)8-7-18(27)24(17)30/h7-10,13-14H,6,11-12H2,1-5H3,(H,28,29). The maximum absolute atomic E-state index is 14.7. The third-order valence-corrected chi connectivity index (χ3v) is 6.74. The fourth-order valence-corrected chi connectivity index (χ4v) is 5.04. The lowest BCUT2D eigenvalue weighted by atomic mass is 10.2. The van der Waals surface area contributed by atoms with E-state index in [1.54, 1.807) is 19.2 Å². The number of pyridine rings is 1. The van der Waals surface area contributed by atoms with Crippen LogP contribution in [0.15, 0.2) is 36.4 Å². The number of esters is 1. The molecule has 0 spiro atoms. The third kappa shape index (κ3) is 4.81. The minimum absolute atomic E-state index is 0.287. The van der Waals surface area contributed by atoms with Crippen LogP contribution in [0.4, 0.5) is 10.1 Å². The van der Waals surface area contributed by atoms with Crippen molar-refractivity contribution in [3.63, 3.8) is 0 Å². The monoisotopic (exact) mass is 497 g/mol. The summed E-state index contributed by atoms with van der Waals surface area (Å²) in [5, 5.41) is 4.19. The van der Waals surface area contributed by atoms with E-state index in [1.807, 2.05) is 43.5 Å². The summed E-state index contributed by atoms with van der Waals surface area (Å²) in [6.45, 7) is 7.29. The number of thiophene rings is 1. The van der Waals surface area contributed by atoms with Crippen LogP contribution in [0.2, 0.25) is 0 Å². The molecule has 4 aromatic rings. The van der Waals surface area contributed by atoms with Crippen LogP contribution in [-0.2, 0) is 11.3 Å². The quantitative estimate of drug-likeness (QED) is 0.294. The van der Waals surface area contributed by atoms with Crippen molar-refractivity contribution in [2.75, 3.05) is 32.7 Å². The Bertz CT molecular complexity index is 1380. The molecular formula is C26H28FN3O4S.